The minimum absolute atomic E-state index is 0.471. The van der Waals surface area contributed by atoms with Crippen LogP contribution in [0.2, 0.25) is 0 Å². The van der Waals surface area contributed by atoms with Gasteiger partial charge in [-0.15, -0.1) is 0 Å². The fourth-order valence-corrected chi connectivity index (χ4v) is 3.89. The number of ether oxygens (including phenoxy) is 1. The molecule has 19 heavy (non-hydrogen) atoms. The second-order valence-corrected chi connectivity index (χ2v) is 6.36. The summed E-state index contributed by atoms with van der Waals surface area (Å²) >= 11 is 0. The van der Waals surface area contributed by atoms with E-state index in [1.165, 1.54) is 38.6 Å². The normalized spacial score (nSPS) is 37.4. The highest BCUT2D eigenvalue weighted by molar-refractivity contribution is 4.92. The molecule has 112 valence electrons. The van der Waals surface area contributed by atoms with Gasteiger partial charge in [-0.1, -0.05) is 13.8 Å². The topological polar surface area (TPSA) is 24.5 Å². The Kier molecular flexibility index (Phi) is 6.11. The van der Waals surface area contributed by atoms with Gasteiger partial charge in [-0.05, 0) is 58.0 Å². The SMILES string of the molecule is CCNC1CCC(C)CC1N1CCCC(OCC)C1. The molecule has 1 aliphatic heterocycles. The summed E-state index contributed by atoms with van der Waals surface area (Å²) in [7, 11) is 0. The summed E-state index contributed by atoms with van der Waals surface area (Å²) in [6.45, 7) is 11.1. The summed E-state index contributed by atoms with van der Waals surface area (Å²) in [5.74, 6) is 0.882. The van der Waals surface area contributed by atoms with E-state index in [2.05, 4.69) is 31.0 Å². The van der Waals surface area contributed by atoms with Crippen LogP contribution in [0.4, 0.5) is 0 Å². The fraction of sp³-hybridized carbons (Fsp3) is 1.00. The highest BCUT2D eigenvalue weighted by atomic mass is 16.5. The second-order valence-electron chi connectivity index (χ2n) is 6.36. The number of hydrogen-bond donors (Lipinski definition) is 1. The molecule has 0 radical (unpaired) electrons. The lowest BCUT2D eigenvalue weighted by Crippen LogP contribution is -2.56. The van der Waals surface area contributed by atoms with Gasteiger partial charge in [-0.25, -0.2) is 0 Å². The average molecular weight is 268 g/mol. The van der Waals surface area contributed by atoms with Crippen molar-refractivity contribution in [2.24, 2.45) is 5.92 Å². The number of likely N-dealkylation sites (N-methyl/N-ethyl adjacent to an activating group) is 1. The number of piperidine rings is 1. The van der Waals surface area contributed by atoms with Crippen molar-refractivity contribution in [3.05, 3.63) is 0 Å². The maximum atomic E-state index is 5.86. The monoisotopic (exact) mass is 268 g/mol. The van der Waals surface area contributed by atoms with E-state index >= 15 is 0 Å². The van der Waals surface area contributed by atoms with Gasteiger partial charge >= 0.3 is 0 Å². The van der Waals surface area contributed by atoms with Crippen LogP contribution in [0, 0.1) is 5.92 Å². The minimum Gasteiger partial charge on any atom is -0.377 e. The molecular weight excluding hydrogens is 236 g/mol. The molecule has 0 spiro atoms. The van der Waals surface area contributed by atoms with Gasteiger partial charge in [0.05, 0.1) is 6.10 Å². The van der Waals surface area contributed by atoms with Crippen LogP contribution < -0.4 is 5.32 Å². The number of nitrogens with one attached hydrogen (secondary N) is 1. The smallest absolute Gasteiger partial charge is 0.0702 e. The third-order valence-corrected chi connectivity index (χ3v) is 4.83. The Hall–Kier alpha value is -0.120. The third-order valence-electron chi connectivity index (χ3n) is 4.83. The molecule has 0 aromatic rings. The summed E-state index contributed by atoms with van der Waals surface area (Å²) in [6, 6.07) is 1.42. The van der Waals surface area contributed by atoms with E-state index < -0.39 is 0 Å². The van der Waals surface area contributed by atoms with Gasteiger partial charge in [-0.2, -0.15) is 0 Å². The molecule has 1 heterocycles. The van der Waals surface area contributed by atoms with E-state index in [0.29, 0.717) is 12.1 Å². The molecule has 0 amide bonds. The second kappa shape index (κ2) is 7.61. The molecule has 2 rings (SSSR count). The molecule has 1 saturated carbocycles. The van der Waals surface area contributed by atoms with Crippen LogP contribution in [0.15, 0.2) is 0 Å². The van der Waals surface area contributed by atoms with Crippen LogP contribution in [0.5, 0.6) is 0 Å². The predicted molar refractivity (Wildman–Crippen MR) is 80.5 cm³/mol. The zero-order valence-electron chi connectivity index (χ0n) is 13.0. The van der Waals surface area contributed by atoms with Crippen molar-refractivity contribution in [1.29, 1.82) is 0 Å². The van der Waals surface area contributed by atoms with Crippen molar-refractivity contribution in [3.63, 3.8) is 0 Å². The lowest BCUT2D eigenvalue weighted by molar-refractivity contribution is -0.0217. The summed E-state index contributed by atoms with van der Waals surface area (Å²) in [4.78, 5) is 2.72. The molecule has 4 atom stereocenters. The van der Waals surface area contributed by atoms with Gasteiger partial charge in [0.1, 0.15) is 0 Å². The van der Waals surface area contributed by atoms with Gasteiger partial charge in [0.25, 0.3) is 0 Å². The quantitative estimate of drug-likeness (QED) is 0.829. The molecule has 1 saturated heterocycles. The number of hydrogen-bond acceptors (Lipinski definition) is 3. The third kappa shape index (κ3) is 4.17. The number of nitrogens with zero attached hydrogens (tertiary/aromatic N) is 1. The first-order valence-electron chi connectivity index (χ1n) is 8.33. The fourth-order valence-electron chi connectivity index (χ4n) is 3.89. The Bertz CT molecular complexity index is 257. The Balaban J connectivity index is 1.95. The molecule has 2 fully saturated rings. The highest BCUT2D eigenvalue weighted by Gasteiger charge is 2.34. The van der Waals surface area contributed by atoms with Crippen molar-refractivity contribution in [1.82, 2.24) is 10.2 Å². The largest absolute Gasteiger partial charge is 0.377 e. The van der Waals surface area contributed by atoms with Gasteiger partial charge in [0, 0.05) is 25.2 Å². The molecule has 0 bridgehead atoms. The Morgan fingerprint density at radius 2 is 2.05 bits per heavy atom. The Morgan fingerprint density at radius 3 is 2.79 bits per heavy atom. The Labute approximate surface area is 119 Å². The first-order chi connectivity index (χ1) is 9.24. The molecule has 2 aliphatic rings. The van der Waals surface area contributed by atoms with Gasteiger partial charge in [0.2, 0.25) is 0 Å². The first-order valence-corrected chi connectivity index (χ1v) is 8.33. The maximum Gasteiger partial charge on any atom is 0.0702 e. The van der Waals surface area contributed by atoms with Gasteiger partial charge in [0.15, 0.2) is 0 Å². The predicted octanol–water partition coefficient (Wildman–Crippen LogP) is 2.65. The molecule has 1 N–H and O–H groups in total. The maximum absolute atomic E-state index is 5.86. The van der Waals surface area contributed by atoms with Crippen molar-refractivity contribution in [2.75, 3.05) is 26.2 Å². The van der Waals surface area contributed by atoms with Crippen LogP contribution >= 0.6 is 0 Å². The van der Waals surface area contributed by atoms with Gasteiger partial charge < -0.3 is 10.1 Å². The lowest BCUT2D eigenvalue weighted by atomic mass is 9.81. The molecule has 4 unspecified atom stereocenters. The molecule has 3 heteroatoms. The van der Waals surface area contributed by atoms with E-state index in [4.69, 9.17) is 4.74 Å². The van der Waals surface area contributed by atoms with Crippen LogP contribution in [0.1, 0.15) is 52.9 Å². The van der Waals surface area contributed by atoms with E-state index in [0.717, 1.165) is 31.7 Å². The summed E-state index contributed by atoms with van der Waals surface area (Å²) < 4.78 is 5.86. The van der Waals surface area contributed by atoms with E-state index in [-0.39, 0.29) is 0 Å². The Morgan fingerprint density at radius 1 is 1.21 bits per heavy atom. The minimum atomic E-state index is 0.471. The van der Waals surface area contributed by atoms with Crippen LogP contribution in [0.25, 0.3) is 0 Å². The van der Waals surface area contributed by atoms with Crippen LogP contribution in [-0.2, 0) is 4.74 Å². The van der Waals surface area contributed by atoms with E-state index in [1.54, 1.807) is 0 Å². The lowest BCUT2D eigenvalue weighted by Gasteiger charge is -2.45. The molecule has 3 nitrogen and oxygen atoms in total. The molecular formula is C16H32N2O. The summed E-state index contributed by atoms with van der Waals surface area (Å²) in [5, 5.41) is 3.72. The van der Waals surface area contributed by atoms with Crippen molar-refractivity contribution in [3.8, 4) is 0 Å². The van der Waals surface area contributed by atoms with Crippen molar-refractivity contribution >= 4 is 0 Å². The van der Waals surface area contributed by atoms with Crippen molar-refractivity contribution in [2.45, 2.75) is 71.1 Å². The number of likely N-dealkylation sites (tertiary alicyclic amines) is 1. The van der Waals surface area contributed by atoms with Gasteiger partial charge in [-0.3, -0.25) is 4.90 Å². The number of rotatable bonds is 5. The van der Waals surface area contributed by atoms with E-state index in [9.17, 15) is 0 Å². The molecule has 0 aromatic carbocycles. The highest BCUT2D eigenvalue weighted by Crippen LogP contribution is 2.30. The summed E-state index contributed by atoms with van der Waals surface area (Å²) in [5.41, 5.74) is 0. The van der Waals surface area contributed by atoms with Crippen LogP contribution in [0.3, 0.4) is 0 Å². The first kappa shape index (κ1) is 15.3. The molecule has 0 aromatic heterocycles. The zero-order valence-corrected chi connectivity index (χ0v) is 13.0. The molecule has 1 aliphatic carbocycles. The van der Waals surface area contributed by atoms with E-state index in [1.807, 2.05) is 0 Å². The zero-order chi connectivity index (χ0) is 13.7. The van der Waals surface area contributed by atoms with Crippen LogP contribution in [-0.4, -0.2) is 49.3 Å². The van der Waals surface area contributed by atoms with Crippen molar-refractivity contribution < 1.29 is 4.74 Å². The standard InChI is InChI=1S/C16H32N2O/c1-4-17-15-9-8-13(3)11-16(15)18-10-6-7-14(12-18)19-5-2/h13-17H,4-12H2,1-3H3. The summed E-state index contributed by atoms with van der Waals surface area (Å²) in [6.07, 6.45) is 7.11. The average Bonchev–Trinajstić information content (AvgIpc) is 2.42.